The number of aromatic carboxylic acids is 1. The van der Waals surface area contributed by atoms with Gasteiger partial charge in [-0.25, -0.2) is 14.6 Å². The second-order valence-corrected chi connectivity index (χ2v) is 6.06. The minimum atomic E-state index is -1.22. The van der Waals surface area contributed by atoms with Crippen molar-refractivity contribution >= 4 is 40.3 Å². The van der Waals surface area contributed by atoms with Gasteiger partial charge in [0, 0.05) is 29.2 Å². The number of nitrogens with zero attached hydrogens (tertiary/aromatic N) is 2. The molecule has 0 aliphatic heterocycles. The van der Waals surface area contributed by atoms with Crippen LogP contribution in [0.5, 0.6) is 0 Å². The van der Waals surface area contributed by atoms with Gasteiger partial charge in [0.1, 0.15) is 17.4 Å². The van der Waals surface area contributed by atoms with Gasteiger partial charge in [0.15, 0.2) is 0 Å². The van der Waals surface area contributed by atoms with Gasteiger partial charge < -0.3 is 15.5 Å². The van der Waals surface area contributed by atoms with Gasteiger partial charge in [0.05, 0.1) is 5.52 Å². The number of hydrogen-bond acceptors (Lipinski definition) is 5. The lowest BCUT2D eigenvalue weighted by Gasteiger charge is -2.17. The highest BCUT2D eigenvalue weighted by atomic mass is 35.5. The van der Waals surface area contributed by atoms with Crippen LogP contribution < -0.4 is 5.32 Å². The van der Waals surface area contributed by atoms with Gasteiger partial charge in [0.25, 0.3) is 0 Å². The molecular formula is C18H14ClN3O4. The number of carbonyl (C=O) groups is 2. The van der Waals surface area contributed by atoms with Crippen molar-refractivity contribution in [1.29, 1.82) is 0 Å². The van der Waals surface area contributed by atoms with Gasteiger partial charge in [-0.2, -0.15) is 0 Å². The highest BCUT2D eigenvalue weighted by Crippen LogP contribution is 2.24. The molecule has 0 aliphatic rings. The van der Waals surface area contributed by atoms with Gasteiger partial charge >= 0.3 is 11.9 Å². The third kappa shape index (κ3) is 3.89. The molecule has 0 amide bonds. The molecule has 26 heavy (non-hydrogen) atoms. The average Bonchev–Trinajstić information content (AvgIpc) is 2.61. The number of halogens is 1. The molecule has 8 heteroatoms. The first kappa shape index (κ1) is 17.6. The molecule has 0 spiro atoms. The van der Waals surface area contributed by atoms with E-state index in [4.69, 9.17) is 11.6 Å². The smallest absolute Gasteiger partial charge is 0.339 e. The summed E-state index contributed by atoms with van der Waals surface area (Å²) in [6.45, 7) is 0. The zero-order valence-electron chi connectivity index (χ0n) is 13.4. The van der Waals surface area contributed by atoms with E-state index in [-0.39, 0.29) is 17.8 Å². The molecule has 0 aliphatic carbocycles. The molecule has 7 nitrogen and oxygen atoms in total. The van der Waals surface area contributed by atoms with Crippen LogP contribution in [0.2, 0.25) is 5.02 Å². The van der Waals surface area contributed by atoms with E-state index in [0.717, 1.165) is 0 Å². The van der Waals surface area contributed by atoms with Crippen LogP contribution in [-0.2, 0) is 11.2 Å². The summed E-state index contributed by atoms with van der Waals surface area (Å²) in [7, 11) is 0. The Hall–Kier alpha value is -3.19. The number of hydrogen-bond donors (Lipinski definition) is 3. The quantitative estimate of drug-likeness (QED) is 0.610. The lowest BCUT2D eigenvalue weighted by molar-refractivity contribution is -0.137. The molecule has 3 aromatic rings. The topological polar surface area (TPSA) is 112 Å². The number of nitrogens with one attached hydrogen (secondary N) is 1. The van der Waals surface area contributed by atoms with Crippen LogP contribution >= 0.6 is 11.6 Å². The van der Waals surface area contributed by atoms with Crippen molar-refractivity contribution in [2.75, 3.05) is 5.32 Å². The van der Waals surface area contributed by atoms with E-state index >= 15 is 0 Å². The predicted molar refractivity (Wildman–Crippen MR) is 96.7 cm³/mol. The van der Waals surface area contributed by atoms with Gasteiger partial charge in [-0.1, -0.05) is 17.7 Å². The molecule has 0 radical (unpaired) electrons. The number of pyridine rings is 2. The van der Waals surface area contributed by atoms with Crippen molar-refractivity contribution in [3.05, 3.63) is 64.9 Å². The van der Waals surface area contributed by atoms with Gasteiger partial charge in [0.2, 0.25) is 0 Å². The lowest BCUT2D eigenvalue weighted by Crippen LogP contribution is -2.32. The Labute approximate surface area is 153 Å². The van der Waals surface area contributed by atoms with Crippen molar-refractivity contribution in [3.8, 4) is 0 Å². The molecule has 1 unspecified atom stereocenters. The van der Waals surface area contributed by atoms with Crippen LogP contribution in [0.4, 0.5) is 5.82 Å². The van der Waals surface area contributed by atoms with Crippen LogP contribution in [0.15, 0.2) is 48.8 Å². The number of carboxylic acids is 2. The van der Waals surface area contributed by atoms with Crippen LogP contribution in [0.25, 0.3) is 10.9 Å². The van der Waals surface area contributed by atoms with Crippen LogP contribution in [-0.4, -0.2) is 38.2 Å². The number of rotatable bonds is 6. The third-order valence-electron chi connectivity index (χ3n) is 3.78. The Bertz CT molecular complexity index is 979. The molecule has 0 fully saturated rings. The molecule has 0 saturated carbocycles. The normalized spacial score (nSPS) is 11.9. The summed E-state index contributed by atoms with van der Waals surface area (Å²) in [5.41, 5.74) is 1.08. The molecular weight excluding hydrogens is 358 g/mol. The lowest BCUT2D eigenvalue weighted by atomic mass is 10.1. The molecule has 3 rings (SSSR count). The minimum absolute atomic E-state index is 0.0105. The van der Waals surface area contributed by atoms with E-state index in [1.54, 1.807) is 42.7 Å². The maximum atomic E-state index is 11.6. The summed E-state index contributed by atoms with van der Waals surface area (Å²) < 4.78 is 0. The van der Waals surface area contributed by atoms with Crippen LogP contribution in [0.3, 0.4) is 0 Å². The molecule has 1 atom stereocenters. The summed E-state index contributed by atoms with van der Waals surface area (Å²) in [5.74, 6) is -2.35. The van der Waals surface area contributed by atoms with E-state index in [1.165, 1.54) is 6.07 Å². The Morgan fingerprint density at radius 3 is 2.65 bits per heavy atom. The second kappa shape index (κ2) is 7.37. The number of anilines is 1. The van der Waals surface area contributed by atoms with Gasteiger partial charge in [-0.15, -0.1) is 0 Å². The predicted octanol–water partition coefficient (Wildman–Crippen LogP) is 3.09. The number of aromatic nitrogens is 2. The van der Waals surface area contributed by atoms with E-state index in [2.05, 4.69) is 15.3 Å². The first-order chi connectivity index (χ1) is 12.4. The van der Waals surface area contributed by atoms with Crippen LogP contribution in [0, 0.1) is 0 Å². The van der Waals surface area contributed by atoms with Gasteiger partial charge in [-0.3, -0.25) is 4.98 Å². The maximum Gasteiger partial charge on any atom is 0.339 e. The van der Waals surface area contributed by atoms with Crippen molar-refractivity contribution in [2.45, 2.75) is 12.5 Å². The monoisotopic (exact) mass is 371 g/mol. The second-order valence-electron chi connectivity index (χ2n) is 5.63. The fourth-order valence-electron chi connectivity index (χ4n) is 2.54. The summed E-state index contributed by atoms with van der Waals surface area (Å²) in [6.07, 6.45) is 3.28. The van der Waals surface area contributed by atoms with E-state index < -0.39 is 18.0 Å². The summed E-state index contributed by atoms with van der Waals surface area (Å²) in [4.78, 5) is 31.4. The zero-order chi connectivity index (χ0) is 18.7. The van der Waals surface area contributed by atoms with Crippen LogP contribution in [0.1, 0.15) is 15.9 Å². The summed E-state index contributed by atoms with van der Waals surface area (Å²) in [5, 5.41) is 22.7. The average molecular weight is 372 g/mol. The molecule has 0 saturated heterocycles. The highest BCUT2D eigenvalue weighted by molar-refractivity contribution is 6.31. The molecule has 132 valence electrons. The number of benzene rings is 1. The maximum absolute atomic E-state index is 11.6. The fourth-order valence-corrected chi connectivity index (χ4v) is 2.72. The Kier molecular flexibility index (Phi) is 4.99. The van der Waals surface area contributed by atoms with E-state index in [9.17, 15) is 19.8 Å². The third-order valence-corrected chi connectivity index (χ3v) is 4.01. The Morgan fingerprint density at radius 1 is 1.19 bits per heavy atom. The fraction of sp³-hybridized carbons (Fsp3) is 0.111. The van der Waals surface area contributed by atoms with Gasteiger partial charge in [-0.05, 0) is 35.9 Å². The number of aliphatic carboxylic acids is 1. The molecule has 3 N–H and O–H groups in total. The largest absolute Gasteiger partial charge is 0.480 e. The first-order valence-electron chi connectivity index (χ1n) is 7.66. The zero-order valence-corrected chi connectivity index (χ0v) is 14.1. The molecule has 0 bridgehead atoms. The van der Waals surface area contributed by atoms with Crippen molar-refractivity contribution < 1.29 is 19.8 Å². The Balaban J connectivity index is 1.99. The Morgan fingerprint density at radius 2 is 2.00 bits per heavy atom. The number of carboxylic acid groups (broad SMARTS) is 2. The first-order valence-corrected chi connectivity index (χ1v) is 8.03. The summed E-state index contributed by atoms with van der Waals surface area (Å²) in [6, 6.07) is 8.69. The summed E-state index contributed by atoms with van der Waals surface area (Å²) >= 11 is 5.93. The standard InChI is InChI=1S/C18H14ClN3O4/c19-12-3-4-14-11(7-12)8-13(17(23)24)16(21-14)22-15(18(25)26)6-10-2-1-5-20-9-10/h1-5,7-9,15H,6H2,(H,21,22)(H,23,24)(H,25,26). The minimum Gasteiger partial charge on any atom is -0.480 e. The SMILES string of the molecule is O=C(O)c1cc2cc(Cl)ccc2nc1NC(Cc1cccnc1)C(=O)O. The van der Waals surface area contributed by atoms with Crippen molar-refractivity contribution in [2.24, 2.45) is 0 Å². The van der Waals surface area contributed by atoms with E-state index in [0.29, 0.717) is 21.5 Å². The molecule has 1 aromatic carbocycles. The molecule has 2 aromatic heterocycles. The van der Waals surface area contributed by atoms with Crippen molar-refractivity contribution in [3.63, 3.8) is 0 Å². The number of fused-ring (bicyclic) bond motifs is 1. The molecule has 2 heterocycles. The highest BCUT2D eigenvalue weighted by Gasteiger charge is 2.22. The van der Waals surface area contributed by atoms with E-state index in [1.807, 2.05) is 0 Å². The van der Waals surface area contributed by atoms with Crippen molar-refractivity contribution in [1.82, 2.24) is 9.97 Å².